The Labute approximate surface area is 186 Å². The van der Waals surface area contributed by atoms with Gasteiger partial charge in [0.1, 0.15) is 12.1 Å². The molecule has 1 fully saturated rings. The zero-order chi connectivity index (χ0) is 23.2. The number of carbonyl (C=O) groups excluding carboxylic acids is 3. The molecule has 0 saturated carbocycles. The molecule has 7 heteroatoms. The Bertz CT molecular complexity index is 760. The number of nitrogens with one attached hydrogen (secondary N) is 3. The van der Waals surface area contributed by atoms with E-state index >= 15 is 0 Å². The summed E-state index contributed by atoms with van der Waals surface area (Å²) in [7, 11) is 1.70. The molecule has 4 atom stereocenters. The van der Waals surface area contributed by atoms with Crippen LogP contribution in [0.3, 0.4) is 0 Å². The molecule has 3 amide bonds. The first-order valence-corrected chi connectivity index (χ1v) is 11.2. The van der Waals surface area contributed by atoms with Crippen LogP contribution in [0.4, 0.5) is 0 Å². The van der Waals surface area contributed by atoms with Crippen LogP contribution in [0, 0.1) is 5.41 Å². The van der Waals surface area contributed by atoms with E-state index in [1.807, 2.05) is 58.0 Å². The van der Waals surface area contributed by atoms with Crippen LogP contribution >= 0.6 is 0 Å². The lowest BCUT2D eigenvalue weighted by Crippen LogP contribution is -2.59. The first-order valence-electron chi connectivity index (χ1n) is 11.2. The molecule has 1 saturated heterocycles. The molecule has 1 unspecified atom stereocenters. The van der Waals surface area contributed by atoms with Crippen LogP contribution in [0.2, 0.25) is 0 Å². The Hall–Kier alpha value is -2.41. The molecule has 0 bridgehead atoms. The summed E-state index contributed by atoms with van der Waals surface area (Å²) in [6, 6.07) is 8.13. The van der Waals surface area contributed by atoms with Crippen molar-refractivity contribution in [3.8, 4) is 0 Å². The van der Waals surface area contributed by atoms with Crippen LogP contribution in [-0.4, -0.2) is 54.3 Å². The molecule has 1 heterocycles. The predicted molar refractivity (Wildman–Crippen MR) is 122 cm³/mol. The van der Waals surface area contributed by atoms with Gasteiger partial charge in [-0.1, -0.05) is 58.0 Å². The van der Waals surface area contributed by atoms with Gasteiger partial charge in [-0.25, -0.2) is 0 Å². The second kappa shape index (κ2) is 10.8. The number of hydrogen-bond acceptors (Lipinski definition) is 4. The Kier molecular flexibility index (Phi) is 8.62. The van der Waals surface area contributed by atoms with Gasteiger partial charge >= 0.3 is 0 Å². The van der Waals surface area contributed by atoms with Crippen LogP contribution in [0.25, 0.3) is 0 Å². The van der Waals surface area contributed by atoms with E-state index in [2.05, 4.69) is 16.0 Å². The summed E-state index contributed by atoms with van der Waals surface area (Å²) in [5, 5.41) is 8.92. The molecule has 3 N–H and O–H groups in total. The molecule has 0 aliphatic carbocycles. The van der Waals surface area contributed by atoms with E-state index in [4.69, 9.17) is 0 Å². The maximum absolute atomic E-state index is 13.5. The molecule has 0 spiro atoms. The van der Waals surface area contributed by atoms with Crippen molar-refractivity contribution in [3.05, 3.63) is 35.9 Å². The topological polar surface area (TPSA) is 90.5 Å². The monoisotopic (exact) mass is 430 g/mol. The van der Waals surface area contributed by atoms with Crippen molar-refractivity contribution in [3.63, 3.8) is 0 Å². The third-order valence-corrected chi connectivity index (χ3v) is 5.99. The Balaban J connectivity index is 2.16. The highest BCUT2D eigenvalue weighted by atomic mass is 16.2. The standard InChI is InChI=1S/C24H38N4O3/c1-7-18(17-12-9-8-10-13-17)26-22(30)19-14-11-15-28(19)23(31)20(24(3,4)5)27-21(29)16(2)25-6/h8-10,12-13,16,18-20,25H,7,11,14-15H2,1-6H3,(H,26,30)(H,27,29)/t16-,18+,19-,20?/m0/s1. The summed E-state index contributed by atoms with van der Waals surface area (Å²) in [4.78, 5) is 40.8. The van der Waals surface area contributed by atoms with Gasteiger partial charge in [0.25, 0.3) is 0 Å². The van der Waals surface area contributed by atoms with Crippen molar-refractivity contribution in [2.24, 2.45) is 5.41 Å². The van der Waals surface area contributed by atoms with E-state index in [0.29, 0.717) is 13.0 Å². The lowest BCUT2D eigenvalue weighted by Gasteiger charge is -2.36. The second-order valence-electron chi connectivity index (χ2n) is 9.39. The zero-order valence-electron chi connectivity index (χ0n) is 19.7. The van der Waals surface area contributed by atoms with E-state index in [-0.39, 0.29) is 23.8 Å². The average molecular weight is 431 g/mol. The minimum absolute atomic E-state index is 0.0964. The number of hydrogen-bond donors (Lipinski definition) is 3. The molecular weight excluding hydrogens is 392 g/mol. The second-order valence-corrected chi connectivity index (χ2v) is 9.39. The molecule has 2 rings (SSSR count). The highest BCUT2D eigenvalue weighted by Gasteiger charge is 2.42. The molecule has 172 valence electrons. The number of amides is 3. The van der Waals surface area contributed by atoms with E-state index in [0.717, 1.165) is 18.4 Å². The van der Waals surface area contributed by atoms with Crippen LogP contribution < -0.4 is 16.0 Å². The molecule has 1 aliphatic heterocycles. The van der Waals surface area contributed by atoms with Gasteiger partial charge in [0.05, 0.1) is 12.1 Å². The number of likely N-dealkylation sites (tertiary alicyclic amines) is 1. The SMILES string of the molecule is CC[C@@H](NC(=O)[C@@H]1CCCN1C(=O)C(NC(=O)[C@H](C)NC)C(C)(C)C)c1ccccc1. The summed E-state index contributed by atoms with van der Waals surface area (Å²) in [5.74, 6) is -0.565. The van der Waals surface area contributed by atoms with Crippen LogP contribution in [-0.2, 0) is 14.4 Å². The van der Waals surface area contributed by atoms with Crippen molar-refractivity contribution in [2.75, 3.05) is 13.6 Å². The summed E-state index contributed by atoms with van der Waals surface area (Å²) in [6.45, 7) is 10.1. The van der Waals surface area contributed by atoms with Gasteiger partial charge < -0.3 is 20.9 Å². The van der Waals surface area contributed by atoms with Gasteiger partial charge in [0.2, 0.25) is 17.7 Å². The third kappa shape index (κ3) is 6.29. The van der Waals surface area contributed by atoms with E-state index in [1.165, 1.54) is 0 Å². The van der Waals surface area contributed by atoms with Crippen LogP contribution in [0.15, 0.2) is 30.3 Å². The summed E-state index contributed by atoms with van der Waals surface area (Å²) >= 11 is 0. The Morgan fingerprint density at radius 3 is 2.32 bits per heavy atom. The molecule has 0 radical (unpaired) electrons. The fourth-order valence-corrected chi connectivity index (χ4v) is 3.89. The number of nitrogens with zero attached hydrogens (tertiary/aromatic N) is 1. The molecule has 31 heavy (non-hydrogen) atoms. The van der Waals surface area contributed by atoms with Gasteiger partial charge in [0.15, 0.2) is 0 Å². The van der Waals surface area contributed by atoms with E-state index < -0.39 is 23.5 Å². The number of likely N-dealkylation sites (N-methyl/N-ethyl adjacent to an activating group) is 1. The average Bonchev–Trinajstić information content (AvgIpc) is 3.24. The summed E-state index contributed by atoms with van der Waals surface area (Å²) in [5.41, 5.74) is 0.565. The van der Waals surface area contributed by atoms with Crippen LogP contribution in [0.1, 0.15) is 65.5 Å². The number of rotatable bonds is 8. The maximum Gasteiger partial charge on any atom is 0.246 e. The fraction of sp³-hybridized carbons (Fsp3) is 0.625. The van der Waals surface area contributed by atoms with Crippen molar-refractivity contribution in [1.82, 2.24) is 20.9 Å². The van der Waals surface area contributed by atoms with Crippen molar-refractivity contribution >= 4 is 17.7 Å². The zero-order valence-corrected chi connectivity index (χ0v) is 19.7. The molecule has 7 nitrogen and oxygen atoms in total. The predicted octanol–water partition coefficient (Wildman–Crippen LogP) is 2.38. The van der Waals surface area contributed by atoms with Gasteiger partial charge in [-0.3, -0.25) is 14.4 Å². The quantitative estimate of drug-likeness (QED) is 0.591. The highest BCUT2D eigenvalue weighted by Crippen LogP contribution is 2.27. The first-order chi connectivity index (χ1) is 14.6. The number of benzene rings is 1. The smallest absolute Gasteiger partial charge is 0.246 e. The van der Waals surface area contributed by atoms with Crippen molar-refractivity contribution in [2.45, 2.75) is 78.0 Å². The maximum atomic E-state index is 13.5. The normalized spacial score (nSPS) is 19.4. The fourth-order valence-electron chi connectivity index (χ4n) is 3.89. The lowest BCUT2D eigenvalue weighted by molar-refractivity contribution is -0.144. The molecule has 1 aromatic rings. The van der Waals surface area contributed by atoms with Gasteiger partial charge in [-0.15, -0.1) is 0 Å². The molecule has 0 aromatic heterocycles. The van der Waals surface area contributed by atoms with Gasteiger partial charge in [0, 0.05) is 6.54 Å². The molecular formula is C24H38N4O3. The third-order valence-electron chi connectivity index (χ3n) is 5.99. The summed E-state index contributed by atoms with van der Waals surface area (Å²) in [6.07, 6.45) is 2.16. The lowest BCUT2D eigenvalue weighted by atomic mass is 9.85. The van der Waals surface area contributed by atoms with Gasteiger partial charge in [-0.05, 0) is 44.2 Å². The van der Waals surface area contributed by atoms with Crippen LogP contribution in [0.5, 0.6) is 0 Å². The Morgan fingerprint density at radius 1 is 1.13 bits per heavy atom. The van der Waals surface area contributed by atoms with Crippen molar-refractivity contribution < 1.29 is 14.4 Å². The number of carbonyl (C=O) groups is 3. The van der Waals surface area contributed by atoms with Crippen molar-refractivity contribution in [1.29, 1.82) is 0 Å². The summed E-state index contributed by atoms with van der Waals surface area (Å²) < 4.78 is 0. The minimum atomic E-state index is -0.708. The minimum Gasteiger partial charge on any atom is -0.348 e. The van der Waals surface area contributed by atoms with E-state index in [9.17, 15) is 14.4 Å². The van der Waals surface area contributed by atoms with E-state index in [1.54, 1.807) is 18.9 Å². The largest absolute Gasteiger partial charge is 0.348 e. The molecule has 1 aliphatic rings. The van der Waals surface area contributed by atoms with Gasteiger partial charge in [-0.2, -0.15) is 0 Å². The Morgan fingerprint density at radius 2 is 1.77 bits per heavy atom. The molecule has 1 aromatic carbocycles. The first kappa shape index (κ1) is 24.9. The highest BCUT2D eigenvalue weighted by molar-refractivity contribution is 5.94.